The molecule has 0 fully saturated rings. The minimum Gasteiger partial charge on any atom is -0.487 e. The Hall–Kier alpha value is -1.87. The van der Waals surface area contributed by atoms with Gasteiger partial charge in [0.05, 0.1) is 5.02 Å². The van der Waals surface area contributed by atoms with Crippen molar-refractivity contribution in [2.45, 2.75) is 20.1 Å². The van der Waals surface area contributed by atoms with E-state index < -0.39 is 0 Å². The zero-order chi connectivity index (χ0) is 18.5. The predicted octanol–water partition coefficient (Wildman–Crippen LogP) is 7.15. The standard InChI is InChI=1S/C21H18Cl3NO/c1-14-5-7-18(11-19(14)23)25-12-15-6-8-21(20(24)10-15)26-13-16-3-2-4-17(22)9-16/h2-11,25H,12-13H2,1H3. The fraction of sp³-hybridized carbons (Fsp3) is 0.143. The second-order valence-corrected chi connectivity index (χ2v) is 7.25. The predicted molar refractivity (Wildman–Crippen MR) is 111 cm³/mol. The largest absolute Gasteiger partial charge is 0.487 e. The zero-order valence-electron chi connectivity index (χ0n) is 14.2. The van der Waals surface area contributed by atoms with Gasteiger partial charge in [0.1, 0.15) is 12.4 Å². The summed E-state index contributed by atoms with van der Waals surface area (Å²) in [7, 11) is 0. The third kappa shape index (κ3) is 5.07. The van der Waals surface area contributed by atoms with Crippen molar-refractivity contribution in [1.29, 1.82) is 0 Å². The second-order valence-electron chi connectivity index (χ2n) is 6.00. The molecule has 0 aliphatic heterocycles. The molecule has 1 N–H and O–H groups in total. The average molecular weight is 407 g/mol. The minimum absolute atomic E-state index is 0.416. The van der Waals surface area contributed by atoms with E-state index in [2.05, 4.69) is 5.32 Å². The van der Waals surface area contributed by atoms with Gasteiger partial charge in [-0.25, -0.2) is 0 Å². The number of anilines is 1. The summed E-state index contributed by atoms with van der Waals surface area (Å²) >= 11 is 18.5. The first-order valence-corrected chi connectivity index (χ1v) is 9.30. The summed E-state index contributed by atoms with van der Waals surface area (Å²) in [6, 6.07) is 19.3. The number of rotatable bonds is 6. The Morgan fingerprint density at radius 3 is 2.42 bits per heavy atom. The minimum atomic E-state index is 0.416. The monoisotopic (exact) mass is 405 g/mol. The van der Waals surface area contributed by atoms with Crippen molar-refractivity contribution in [3.63, 3.8) is 0 Å². The third-order valence-corrected chi connectivity index (χ3v) is 4.89. The van der Waals surface area contributed by atoms with Crippen molar-refractivity contribution in [1.82, 2.24) is 0 Å². The van der Waals surface area contributed by atoms with Gasteiger partial charge >= 0.3 is 0 Å². The fourth-order valence-corrected chi connectivity index (χ4v) is 3.12. The van der Waals surface area contributed by atoms with Crippen molar-refractivity contribution in [2.24, 2.45) is 0 Å². The van der Waals surface area contributed by atoms with E-state index in [-0.39, 0.29) is 0 Å². The summed E-state index contributed by atoms with van der Waals surface area (Å²) in [4.78, 5) is 0. The molecule has 3 rings (SSSR count). The van der Waals surface area contributed by atoms with E-state index in [1.54, 1.807) is 0 Å². The van der Waals surface area contributed by atoms with Gasteiger partial charge in [0.2, 0.25) is 0 Å². The Kier molecular flexibility index (Phi) is 6.31. The molecular weight excluding hydrogens is 389 g/mol. The molecule has 3 aromatic carbocycles. The SMILES string of the molecule is Cc1ccc(NCc2ccc(OCc3cccc(Cl)c3)c(Cl)c2)cc1Cl. The molecule has 0 aliphatic carbocycles. The van der Waals surface area contributed by atoms with Crippen LogP contribution in [0.3, 0.4) is 0 Å². The van der Waals surface area contributed by atoms with E-state index in [9.17, 15) is 0 Å². The quantitative estimate of drug-likeness (QED) is 0.469. The van der Waals surface area contributed by atoms with Crippen molar-refractivity contribution in [3.8, 4) is 5.75 Å². The highest BCUT2D eigenvalue weighted by molar-refractivity contribution is 6.32. The lowest BCUT2D eigenvalue weighted by Gasteiger charge is -2.11. The van der Waals surface area contributed by atoms with Crippen LogP contribution in [0.2, 0.25) is 15.1 Å². The van der Waals surface area contributed by atoms with Crippen LogP contribution >= 0.6 is 34.8 Å². The van der Waals surface area contributed by atoms with E-state index >= 15 is 0 Å². The van der Waals surface area contributed by atoms with Gasteiger partial charge in [-0.3, -0.25) is 0 Å². The smallest absolute Gasteiger partial charge is 0.138 e. The first-order valence-electron chi connectivity index (χ1n) is 8.17. The Morgan fingerprint density at radius 2 is 1.69 bits per heavy atom. The molecule has 134 valence electrons. The van der Waals surface area contributed by atoms with Crippen LogP contribution in [0.5, 0.6) is 5.75 Å². The van der Waals surface area contributed by atoms with E-state index in [0.717, 1.165) is 27.4 Å². The van der Waals surface area contributed by atoms with Crippen LogP contribution in [0, 0.1) is 6.92 Å². The highest BCUT2D eigenvalue weighted by atomic mass is 35.5. The lowest BCUT2D eigenvalue weighted by molar-refractivity contribution is 0.306. The zero-order valence-corrected chi connectivity index (χ0v) is 16.5. The number of aryl methyl sites for hydroxylation is 1. The van der Waals surface area contributed by atoms with Crippen molar-refractivity contribution >= 4 is 40.5 Å². The molecule has 5 heteroatoms. The molecule has 0 aromatic heterocycles. The van der Waals surface area contributed by atoms with Crippen molar-refractivity contribution in [2.75, 3.05) is 5.32 Å². The van der Waals surface area contributed by atoms with Crippen LogP contribution in [-0.4, -0.2) is 0 Å². The van der Waals surface area contributed by atoms with E-state index in [0.29, 0.717) is 28.9 Å². The van der Waals surface area contributed by atoms with Gasteiger partial charge in [0.25, 0.3) is 0 Å². The van der Waals surface area contributed by atoms with Crippen molar-refractivity contribution < 1.29 is 4.74 Å². The number of hydrogen-bond donors (Lipinski definition) is 1. The number of benzene rings is 3. The lowest BCUT2D eigenvalue weighted by atomic mass is 10.2. The number of ether oxygens (including phenoxy) is 1. The Balaban J connectivity index is 1.60. The van der Waals surface area contributed by atoms with Crippen LogP contribution in [0.4, 0.5) is 5.69 Å². The number of hydrogen-bond acceptors (Lipinski definition) is 2. The second kappa shape index (κ2) is 8.68. The number of nitrogens with one attached hydrogen (secondary N) is 1. The third-order valence-electron chi connectivity index (χ3n) is 3.95. The van der Waals surface area contributed by atoms with E-state index in [1.165, 1.54) is 0 Å². The molecule has 0 saturated heterocycles. The molecule has 0 spiro atoms. The molecular formula is C21H18Cl3NO. The molecule has 26 heavy (non-hydrogen) atoms. The Morgan fingerprint density at radius 1 is 0.846 bits per heavy atom. The molecule has 0 aliphatic rings. The fourth-order valence-electron chi connectivity index (χ4n) is 2.47. The summed E-state index contributed by atoms with van der Waals surface area (Å²) < 4.78 is 5.80. The average Bonchev–Trinajstić information content (AvgIpc) is 2.62. The molecule has 0 bridgehead atoms. The topological polar surface area (TPSA) is 21.3 Å². The van der Waals surface area contributed by atoms with Gasteiger partial charge < -0.3 is 10.1 Å². The molecule has 0 saturated carbocycles. The molecule has 0 unspecified atom stereocenters. The summed E-state index contributed by atoms with van der Waals surface area (Å²) in [5.74, 6) is 0.647. The lowest BCUT2D eigenvalue weighted by Crippen LogP contribution is -2.01. The maximum absolute atomic E-state index is 6.35. The van der Waals surface area contributed by atoms with Crippen molar-refractivity contribution in [3.05, 3.63) is 92.4 Å². The highest BCUT2D eigenvalue weighted by Gasteiger charge is 2.05. The van der Waals surface area contributed by atoms with E-state index in [1.807, 2.05) is 67.6 Å². The molecule has 2 nitrogen and oxygen atoms in total. The summed E-state index contributed by atoms with van der Waals surface area (Å²) in [5.41, 5.74) is 4.08. The highest BCUT2D eigenvalue weighted by Crippen LogP contribution is 2.27. The summed E-state index contributed by atoms with van der Waals surface area (Å²) in [5, 5.41) is 5.36. The van der Waals surface area contributed by atoms with E-state index in [4.69, 9.17) is 39.5 Å². The molecule has 0 amide bonds. The summed E-state index contributed by atoms with van der Waals surface area (Å²) in [6.45, 7) is 3.04. The van der Waals surface area contributed by atoms with Gasteiger partial charge in [-0.05, 0) is 60.0 Å². The maximum Gasteiger partial charge on any atom is 0.138 e. The number of halogens is 3. The summed E-state index contributed by atoms with van der Waals surface area (Å²) in [6.07, 6.45) is 0. The maximum atomic E-state index is 6.35. The van der Waals surface area contributed by atoms with Gasteiger partial charge in [0, 0.05) is 22.3 Å². The first kappa shape index (κ1) is 18.9. The molecule has 0 atom stereocenters. The van der Waals surface area contributed by atoms with Crippen LogP contribution in [0.15, 0.2) is 60.7 Å². The van der Waals surface area contributed by atoms with Gasteiger partial charge in [-0.15, -0.1) is 0 Å². The normalized spacial score (nSPS) is 10.6. The van der Waals surface area contributed by atoms with Crippen LogP contribution in [0.1, 0.15) is 16.7 Å². The van der Waals surface area contributed by atoms with Gasteiger partial charge in [-0.1, -0.05) is 59.1 Å². The Labute approximate surface area is 168 Å². The molecule has 3 aromatic rings. The van der Waals surface area contributed by atoms with Crippen LogP contribution in [-0.2, 0) is 13.2 Å². The molecule has 0 heterocycles. The van der Waals surface area contributed by atoms with Crippen LogP contribution < -0.4 is 10.1 Å². The molecule has 0 radical (unpaired) electrons. The Bertz CT molecular complexity index is 912. The van der Waals surface area contributed by atoms with Crippen LogP contribution in [0.25, 0.3) is 0 Å². The first-order chi connectivity index (χ1) is 12.5. The van der Waals surface area contributed by atoms with Gasteiger partial charge in [-0.2, -0.15) is 0 Å². The van der Waals surface area contributed by atoms with Gasteiger partial charge in [0.15, 0.2) is 0 Å².